The zero-order chi connectivity index (χ0) is 9.80. The average Bonchev–Trinajstić information content (AvgIpc) is 2.78. The minimum Gasteiger partial charge on any atom is -0.369 e. The summed E-state index contributed by atoms with van der Waals surface area (Å²) in [6, 6.07) is 0. The molecule has 0 aliphatic rings. The molecule has 0 fully saturated rings. The summed E-state index contributed by atoms with van der Waals surface area (Å²) in [6.07, 6.45) is 2.63. The van der Waals surface area contributed by atoms with Crippen molar-refractivity contribution in [3.8, 4) is 0 Å². The molecule has 74 valence electrons. The van der Waals surface area contributed by atoms with Crippen LogP contribution in [0.2, 0.25) is 0 Å². The van der Waals surface area contributed by atoms with Gasteiger partial charge in [0.25, 0.3) is 0 Å². The molecule has 0 saturated carbocycles. The highest BCUT2D eigenvalue weighted by Gasteiger charge is 1.98. The molecule has 0 atom stereocenters. The van der Waals surface area contributed by atoms with Gasteiger partial charge in [0, 0.05) is 25.4 Å². The first-order valence-corrected chi connectivity index (χ1v) is 5.26. The van der Waals surface area contributed by atoms with Gasteiger partial charge in [-0.15, -0.1) is 16.4 Å². The lowest BCUT2D eigenvalue weighted by molar-refractivity contribution is 0.716. The Bertz CT molecular complexity index is 380. The summed E-state index contributed by atoms with van der Waals surface area (Å²) in [4.78, 5) is 4.20. The zero-order valence-corrected chi connectivity index (χ0v) is 8.66. The maximum Gasteiger partial charge on any atom is 0.144 e. The first kappa shape index (κ1) is 9.14. The van der Waals surface area contributed by atoms with Crippen LogP contribution in [0.3, 0.4) is 0 Å². The van der Waals surface area contributed by atoms with Crippen molar-refractivity contribution in [3.63, 3.8) is 0 Å². The van der Waals surface area contributed by atoms with Crippen LogP contribution in [-0.2, 0) is 13.5 Å². The fourth-order valence-corrected chi connectivity index (χ4v) is 1.72. The second kappa shape index (κ2) is 4.19. The van der Waals surface area contributed by atoms with Crippen LogP contribution in [0.5, 0.6) is 0 Å². The van der Waals surface area contributed by atoms with Crippen LogP contribution < -0.4 is 5.32 Å². The molecule has 0 aliphatic heterocycles. The summed E-state index contributed by atoms with van der Waals surface area (Å²) in [6.45, 7) is 0.852. The fourth-order valence-electron chi connectivity index (χ4n) is 1.13. The van der Waals surface area contributed by atoms with Crippen LogP contribution in [0.15, 0.2) is 17.1 Å². The van der Waals surface area contributed by atoms with Gasteiger partial charge in [0.05, 0.1) is 17.4 Å². The fraction of sp³-hybridized carbons (Fsp3) is 0.375. The average molecular weight is 209 g/mol. The summed E-state index contributed by atoms with van der Waals surface area (Å²) < 4.78 is 1.71. The highest BCUT2D eigenvalue weighted by atomic mass is 32.1. The van der Waals surface area contributed by atoms with E-state index in [2.05, 4.69) is 26.0 Å². The molecule has 0 aliphatic carbocycles. The molecule has 2 aromatic rings. The zero-order valence-electron chi connectivity index (χ0n) is 7.84. The molecule has 0 unspecified atom stereocenters. The quantitative estimate of drug-likeness (QED) is 0.813. The van der Waals surface area contributed by atoms with Crippen molar-refractivity contribution in [3.05, 3.63) is 22.8 Å². The van der Waals surface area contributed by atoms with Gasteiger partial charge in [0.15, 0.2) is 0 Å². The number of rotatable bonds is 4. The monoisotopic (exact) mass is 209 g/mol. The van der Waals surface area contributed by atoms with E-state index in [1.165, 1.54) is 0 Å². The topological polar surface area (TPSA) is 55.6 Å². The third-order valence-corrected chi connectivity index (χ3v) is 2.52. The van der Waals surface area contributed by atoms with Gasteiger partial charge in [-0.05, 0) is 0 Å². The molecular formula is C8H11N5S. The van der Waals surface area contributed by atoms with E-state index in [-0.39, 0.29) is 0 Å². The number of thiazole rings is 1. The molecule has 2 aromatic heterocycles. The number of nitrogens with zero attached hydrogens (tertiary/aromatic N) is 4. The van der Waals surface area contributed by atoms with Crippen LogP contribution in [0.1, 0.15) is 5.69 Å². The van der Waals surface area contributed by atoms with E-state index in [1.54, 1.807) is 22.2 Å². The molecule has 14 heavy (non-hydrogen) atoms. The number of hydrogen-bond acceptors (Lipinski definition) is 5. The Morgan fingerprint density at radius 3 is 3.14 bits per heavy atom. The molecule has 5 nitrogen and oxygen atoms in total. The highest BCUT2D eigenvalue weighted by molar-refractivity contribution is 7.07. The number of hydrogen-bond donors (Lipinski definition) is 1. The Labute approximate surface area is 85.8 Å². The van der Waals surface area contributed by atoms with E-state index < -0.39 is 0 Å². The van der Waals surface area contributed by atoms with Crippen LogP contribution in [-0.4, -0.2) is 26.5 Å². The van der Waals surface area contributed by atoms with Gasteiger partial charge in [-0.3, -0.25) is 0 Å². The van der Waals surface area contributed by atoms with E-state index in [0.29, 0.717) is 0 Å². The third kappa shape index (κ3) is 2.08. The van der Waals surface area contributed by atoms with E-state index in [0.717, 1.165) is 24.5 Å². The normalized spacial score (nSPS) is 10.4. The Morgan fingerprint density at radius 2 is 2.50 bits per heavy atom. The van der Waals surface area contributed by atoms with E-state index in [1.807, 2.05) is 12.6 Å². The first-order chi connectivity index (χ1) is 6.86. The largest absolute Gasteiger partial charge is 0.369 e. The molecule has 0 radical (unpaired) electrons. The van der Waals surface area contributed by atoms with Crippen LogP contribution in [0.4, 0.5) is 5.82 Å². The lowest BCUT2D eigenvalue weighted by atomic mass is 10.3. The SMILES string of the molecule is Cn1nncc1NCCc1cscn1. The molecule has 2 rings (SSSR count). The minimum atomic E-state index is 0.852. The lowest BCUT2D eigenvalue weighted by Gasteiger charge is -2.03. The summed E-state index contributed by atoms with van der Waals surface area (Å²) >= 11 is 1.62. The molecule has 2 heterocycles. The molecule has 0 amide bonds. The maximum absolute atomic E-state index is 4.20. The van der Waals surface area contributed by atoms with Crippen molar-refractivity contribution in [1.29, 1.82) is 0 Å². The molecule has 0 aromatic carbocycles. The molecule has 1 N–H and O–H groups in total. The van der Waals surface area contributed by atoms with E-state index >= 15 is 0 Å². The Kier molecular flexibility index (Phi) is 2.73. The summed E-state index contributed by atoms with van der Waals surface area (Å²) in [5, 5.41) is 12.9. The molecule has 0 saturated heterocycles. The van der Waals surface area contributed by atoms with E-state index in [9.17, 15) is 0 Å². The van der Waals surface area contributed by atoms with Crippen LogP contribution in [0.25, 0.3) is 0 Å². The van der Waals surface area contributed by atoms with Gasteiger partial charge in [-0.2, -0.15) is 0 Å². The Hall–Kier alpha value is -1.43. The predicted octanol–water partition coefficient (Wildman–Crippen LogP) is 0.926. The van der Waals surface area contributed by atoms with Crippen LogP contribution in [0, 0.1) is 0 Å². The third-order valence-electron chi connectivity index (χ3n) is 1.89. The van der Waals surface area contributed by atoms with Crippen molar-refractivity contribution in [2.45, 2.75) is 6.42 Å². The first-order valence-electron chi connectivity index (χ1n) is 4.32. The van der Waals surface area contributed by atoms with Gasteiger partial charge >= 0.3 is 0 Å². The molecule has 6 heteroatoms. The second-order valence-corrected chi connectivity index (χ2v) is 3.62. The second-order valence-electron chi connectivity index (χ2n) is 2.90. The number of nitrogens with one attached hydrogen (secondary N) is 1. The molecule has 0 spiro atoms. The standard InChI is InChI=1S/C8H11N5S/c1-13-8(4-11-12-13)9-3-2-7-5-14-6-10-7/h4-6,9H,2-3H2,1H3. The smallest absolute Gasteiger partial charge is 0.144 e. The number of anilines is 1. The van der Waals surface area contributed by atoms with Gasteiger partial charge in [0.1, 0.15) is 5.82 Å². The van der Waals surface area contributed by atoms with Gasteiger partial charge in [-0.25, -0.2) is 9.67 Å². The molecular weight excluding hydrogens is 198 g/mol. The highest BCUT2D eigenvalue weighted by Crippen LogP contribution is 2.04. The van der Waals surface area contributed by atoms with Gasteiger partial charge in [-0.1, -0.05) is 5.21 Å². The summed E-state index contributed by atoms with van der Waals surface area (Å²) in [7, 11) is 1.86. The van der Waals surface area contributed by atoms with Gasteiger partial charge in [0.2, 0.25) is 0 Å². The number of aryl methyl sites for hydroxylation is 1. The number of aromatic nitrogens is 4. The minimum absolute atomic E-state index is 0.852. The Balaban J connectivity index is 1.81. The van der Waals surface area contributed by atoms with Gasteiger partial charge < -0.3 is 5.32 Å². The van der Waals surface area contributed by atoms with Crippen molar-refractivity contribution in [2.75, 3.05) is 11.9 Å². The summed E-state index contributed by atoms with van der Waals surface area (Å²) in [5.41, 5.74) is 2.97. The predicted molar refractivity (Wildman–Crippen MR) is 55.3 cm³/mol. The van der Waals surface area contributed by atoms with Crippen molar-refractivity contribution in [1.82, 2.24) is 20.0 Å². The van der Waals surface area contributed by atoms with Crippen LogP contribution >= 0.6 is 11.3 Å². The van der Waals surface area contributed by atoms with E-state index in [4.69, 9.17) is 0 Å². The van der Waals surface area contributed by atoms with Crippen molar-refractivity contribution >= 4 is 17.2 Å². The van der Waals surface area contributed by atoms with Crippen molar-refractivity contribution in [2.24, 2.45) is 7.05 Å². The van der Waals surface area contributed by atoms with Crippen molar-refractivity contribution < 1.29 is 0 Å². The summed E-state index contributed by atoms with van der Waals surface area (Å²) in [5.74, 6) is 0.931. The Morgan fingerprint density at radius 1 is 1.57 bits per heavy atom. The molecule has 0 bridgehead atoms. The lowest BCUT2D eigenvalue weighted by Crippen LogP contribution is -2.08. The maximum atomic E-state index is 4.20.